The monoisotopic (exact) mass is 199 g/mol. The molecule has 0 atom stereocenters. The summed E-state index contributed by atoms with van der Waals surface area (Å²) in [5.74, 6) is -0.358. The molecule has 0 aliphatic heterocycles. The summed E-state index contributed by atoms with van der Waals surface area (Å²) < 4.78 is 5.89. The number of esters is 1. The first-order valence-corrected chi connectivity index (χ1v) is 4.33. The molecule has 1 N–H and O–H groups in total. The van der Waals surface area contributed by atoms with Crippen LogP contribution in [0.25, 0.3) is 0 Å². The molecule has 0 bridgehead atoms. The number of aliphatic hydroxyl groups excluding tert-OH is 1. The number of carbonyl (C=O) groups is 1. The molecule has 14 heavy (non-hydrogen) atoms. The summed E-state index contributed by atoms with van der Waals surface area (Å²) in [4.78, 5) is 10.9. The van der Waals surface area contributed by atoms with Crippen molar-refractivity contribution in [1.29, 1.82) is 0 Å². The fourth-order valence-electron chi connectivity index (χ4n) is 0.987. The molecule has 0 unspecified atom stereocenters. The lowest BCUT2D eigenvalue weighted by atomic mass is 10.3. The van der Waals surface area contributed by atoms with Crippen molar-refractivity contribution < 1.29 is 14.6 Å². The van der Waals surface area contributed by atoms with Crippen LogP contribution in [0.2, 0.25) is 0 Å². The average Bonchev–Trinajstić information content (AvgIpc) is 2.62. The van der Waals surface area contributed by atoms with E-state index in [1.807, 2.05) is 0 Å². The van der Waals surface area contributed by atoms with Crippen molar-refractivity contribution in [3.05, 3.63) is 11.9 Å². The molecule has 0 aliphatic rings. The van der Waals surface area contributed by atoms with Crippen molar-refractivity contribution >= 4 is 5.97 Å². The maximum Gasteiger partial charge on any atom is 0.327 e. The van der Waals surface area contributed by atoms with Gasteiger partial charge in [0.15, 0.2) is 0 Å². The fraction of sp³-hybridized carbons (Fsp3) is 0.625. The van der Waals surface area contributed by atoms with E-state index in [0.717, 1.165) is 5.69 Å². The second-order valence-electron chi connectivity index (χ2n) is 2.81. The highest BCUT2D eigenvalue weighted by molar-refractivity contribution is 5.68. The molecule has 1 rings (SSSR count). The van der Waals surface area contributed by atoms with E-state index in [0.29, 0.717) is 12.8 Å². The second kappa shape index (κ2) is 5.33. The molecule has 0 aliphatic carbocycles. The Labute approximate surface area is 81.5 Å². The topological polar surface area (TPSA) is 77.2 Å². The van der Waals surface area contributed by atoms with Crippen molar-refractivity contribution in [2.24, 2.45) is 0 Å². The minimum atomic E-state index is -0.358. The van der Waals surface area contributed by atoms with E-state index >= 15 is 0 Å². The molecule has 1 aromatic heterocycles. The smallest absolute Gasteiger partial charge is 0.327 e. The van der Waals surface area contributed by atoms with Gasteiger partial charge in [0.2, 0.25) is 0 Å². The number of aliphatic hydroxyl groups is 1. The highest BCUT2D eigenvalue weighted by Crippen LogP contribution is 1.97. The van der Waals surface area contributed by atoms with Crippen LogP contribution in [-0.2, 0) is 22.5 Å². The Hall–Kier alpha value is -1.43. The molecule has 78 valence electrons. The average molecular weight is 199 g/mol. The largest absolute Gasteiger partial charge is 0.468 e. The SMILES string of the molecule is COC(=O)Cn1cc(CCCO)nn1. The fourth-order valence-corrected chi connectivity index (χ4v) is 0.987. The Morgan fingerprint density at radius 3 is 3.14 bits per heavy atom. The Bertz CT molecular complexity index is 298. The number of hydrogen-bond acceptors (Lipinski definition) is 5. The summed E-state index contributed by atoms with van der Waals surface area (Å²) in [7, 11) is 1.33. The van der Waals surface area contributed by atoms with Crippen LogP contribution in [0.3, 0.4) is 0 Å². The van der Waals surface area contributed by atoms with Crippen molar-refractivity contribution in [2.75, 3.05) is 13.7 Å². The van der Waals surface area contributed by atoms with E-state index in [4.69, 9.17) is 5.11 Å². The summed E-state index contributed by atoms with van der Waals surface area (Å²) >= 11 is 0. The van der Waals surface area contributed by atoms with E-state index < -0.39 is 0 Å². The van der Waals surface area contributed by atoms with E-state index in [1.165, 1.54) is 11.8 Å². The van der Waals surface area contributed by atoms with Gasteiger partial charge < -0.3 is 9.84 Å². The lowest BCUT2D eigenvalue weighted by Crippen LogP contribution is -2.11. The number of carbonyl (C=O) groups excluding carboxylic acids is 1. The first-order valence-electron chi connectivity index (χ1n) is 4.33. The zero-order valence-corrected chi connectivity index (χ0v) is 8.01. The van der Waals surface area contributed by atoms with Crippen molar-refractivity contribution in [3.8, 4) is 0 Å². The standard InChI is InChI=1S/C8H13N3O3/c1-14-8(13)6-11-5-7(9-10-11)3-2-4-12/h5,12H,2-4,6H2,1H3. The van der Waals surface area contributed by atoms with Gasteiger partial charge in [-0.3, -0.25) is 4.79 Å². The molecule has 0 radical (unpaired) electrons. The van der Waals surface area contributed by atoms with Crippen LogP contribution in [0, 0.1) is 0 Å². The summed E-state index contributed by atoms with van der Waals surface area (Å²) in [5, 5.41) is 16.2. The van der Waals surface area contributed by atoms with Gasteiger partial charge in [-0.15, -0.1) is 5.10 Å². The van der Waals surface area contributed by atoms with Gasteiger partial charge in [0.25, 0.3) is 0 Å². The predicted molar refractivity (Wildman–Crippen MR) is 47.4 cm³/mol. The number of hydrogen-bond donors (Lipinski definition) is 1. The molecular weight excluding hydrogens is 186 g/mol. The zero-order chi connectivity index (χ0) is 10.4. The maximum atomic E-state index is 10.9. The van der Waals surface area contributed by atoms with Crippen LogP contribution in [0.15, 0.2) is 6.20 Å². The zero-order valence-electron chi connectivity index (χ0n) is 8.01. The lowest BCUT2D eigenvalue weighted by Gasteiger charge is -1.96. The van der Waals surface area contributed by atoms with Crippen LogP contribution in [0.1, 0.15) is 12.1 Å². The molecule has 6 heteroatoms. The third kappa shape index (κ3) is 3.14. The molecule has 0 spiro atoms. The lowest BCUT2D eigenvalue weighted by molar-refractivity contribution is -0.141. The Kier molecular flexibility index (Phi) is 4.06. The normalized spacial score (nSPS) is 10.1. The highest BCUT2D eigenvalue weighted by atomic mass is 16.5. The Balaban J connectivity index is 2.46. The summed E-state index contributed by atoms with van der Waals surface area (Å²) in [5.41, 5.74) is 0.767. The molecule has 1 aromatic rings. The van der Waals surface area contributed by atoms with E-state index in [9.17, 15) is 4.79 Å². The number of rotatable bonds is 5. The quantitative estimate of drug-likeness (QED) is 0.639. The van der Waals surface area contributed by atoms with E-state index in [1.54, 1.807) is 6.20 Å². The first-order chi connectivity index (χ1) is 6.76. The second-order valence-corrected chi connectivity index (χ2v) is 2.81. The molecule has 0 amide bonds. The van der Waals surface area contributed by atoms with Gasteiger partial charge in [-0.2, -0.15) is 0 Å². The van der Waals surface area contributed by atoms with Gasteiger partial charge >= 0.3 is 5.97 Å². The van der Waals surface area contributed by atoms with Crippen LogP contribution < -0.4 is 0 Å². The number of nitrogens with zero attached hydrogens (tertiary/aromatic N) is 3. The van der Waals surface area contributed by atoms with Gasteiger partial charge in [0.1, 0.15) is 6.54 Å². The maximum absolute atomic E-state index is 10.9. The summed E-state index contributed by atoms with van der Waals surface area (Å²) in [6, 6.07) is 0. The summed E-state index contributed by atoms with van der Waals surface area (Å²) in [6.45, 7) is 0.201. The van der Waals surface area contributed by atoms with E-state index in [-0.39, 0.29) is 19.1 Å². The van der Waals surface area contributed by atoms with Crippen molar-refractivity contribution in [2.45, 2.75) is 19.4 Å². The number of aryl methyl sites for hydroxylation is 1. The number of ether oxygens (including phenoxy) is 1. The summed E-state index contributed by atoms with van der Waals surface area (Å²) in [6.07, 6.45) is 2.99. The van der Waals surface area contributed by atoms with Gasteiger partial charge in [0, 0.05) is 12.8 Å². The highest BCUT2D eigenvalue weighted by Gasteiger charge is 2.04. The first kappa shape index (κ1) is 10.6. The molecule has 0 saturated heterocycles. The number of methoxy groups -OCH3 is 1. The van der Waals surface area contributed by atoms with Gasteiger partial charge in [-0.1, -0.05) is 5.21 Å². The van der Waals surface area contributed by atoms with Gasteiger partial charge in [0.05, 0.1) is 12.8 Å². The van der Waals surface area contributed by atoms with Gasteiger partial charge in [-0.25, -0.2) is 4.68 Å². The van der Waals surface area contributed by atoms with Gasteiger partial charge in [-0.05, 0) is 12.8 Å². The van der Waals surface area contributed by atoms with E-state index in [2.05, 4.69) is 15.0 Å². The molecule has 1 heterocycles. The van der Waals surface area contributed by atoms with Crippen molar-refractivity contribution in [1.82, 2.24) is 15.0 Å². The predicted octanol–water partition coefficient (Wildman–Crippen LogP) is -0.624. The van der Waals surface area contributed by atoms with Crippen LogP contribution in [-0.4, -0.2) is 39.8 Å². The minimum Gasteiger partial charge on any atom is -0.468 e. The third-order valence-electron chi connectivity index (χ3n) is 1.70. The minimum absolute atomic E-state index is 0.0720. The molecule has 0 saturated carbocycles. The van der Waals surface area contributed by atoms with Crippen molar-refractivity contribution in [3.63, 3.8) is 0 Å². The molecule has 0 fully saturated rings. The molecule has 6 nitrogen and oxygen atoms in total. The molecule has 0 aromatic carbocycles. The van der Waals surface area contributed by atoms with Crippen LogP contribution >= 0.6 is 0 Å². The number of aromatic nitrogens is 3. The van der Waals surface area contributed by atoms with Crippen LogP contribution in [0.5, 0.6) is 0 Å². The Morgan fingerprint density at radius 2 is 2.50 bits per heavy atom. The Morgan fingerprint density at radius 1 is 1.71 bits per heavy atom. The molecular formula is C8H13N3O3. The van der Waals surface area contributed by atoms with Crippen LogP contribution in [0.4, 0.5) is 0 Å². The third-order valence-corrected chi connectivity index (χ3v) is 1.70.